The molecule has 0 saturated heterocycles. The molecule has 0 aliphatic heterocycles. The third kappa shape index (κ3) is 7.09. The van der Waals surface area contributed by atoms with Gasteiger partial charge in [0, 0.05) is 20.0 Å². The van der Waals surface area contributed by atoms with E-state index in [0.29, 0.717) is 15.9 Å². The number of aryl methyl sites for hydroxylation is 1. The minimum atomic E-state index is -4.39. The molecule has 0 spiro atoms. The lowest BCUT2D eigenvalue weighted by molar-refractivity contribution is -0.158. The lowest BCUT2D eigenvalue weighted by Gasteiger charge is -2.24. The van der Waals surface area contributed by atoms with Gasteiger partial charge < -0.3 is 14.2 Å². The number of carbonyl (C=O) groups excluding carboxylic acids is 1. The van der Waals surface area contributed by atoms with E-state index in [1.165, 1.54) is 7.05 Å². The van der Waals surface area contributed by atoms with E-state index in [4.69, 9.17) is 14.2 Å². The minimum Gasteiger partial charge on any atom is -0.476 e. The SMILES string of the molecule is CCOC(=O)C(C)(C)Oc1ccc(C(C)Oc2nn(C)c(=O)n(CCCC(F)(F)F)c2=O)cc1. The van der Waals surface area contributed by atoms with Crippen LogP contribution in [0.25, 0.3) is 0 Å². The fourth-order valence-corrected chi connectivity index (χ4v) is 2.99. The van der Waals surface area contributed by atoms with E-state index in [2.05, 4.69) is 5.10 Å². The topological polar surface area (TPSA) is 102 Å². The number of nitrogens with zero attached hydrogens (tertiary/aromatic N) is 3. The highest BCUT2D eigenvalue weighted by Gasteiger charge is 2.31. The summed E-state index contributed by atoms with van der Waals surface area (Å²) >= 11 is 0. The number of benzene rings is 1. The fraction of sp³-hybridized carbons (Fsp3) is 0.545. The molecule has 1 aromatic heterocycles. The third-order valence-electron chi connectivity index (χ3n) is 4.80. The van der Waals surface area contributed by atoms with Crippen molar-refractivity contribution in [1.29, 1.82) is 0 Å². The normalized spacial score (nSPS) is 12.8. The Labute approximate surface area is 194 Å². The average molecular weight is 487 g/mol. The van der Waals surface area contributed by atoms with E-state index in [0.717, 1.165) is 4.68 Å². The van der Waals surface area contributed by atoms with Gasteiger partial charge in [-0.15, -0.1) is 5.10 Å². The van der Waals surface area contributed by atoms with E-state index < -0.39 is 60.4 Å². The molecule has 1 aromatic carbocycles. The van der Waals surface area contributed by atoms with Crippen molar-refractivity contribution in [3.8, 4) is 11.6 Å². The summed E-state index contributed by atoms with van der Waals surface area (Å²) in [6.07, 6.45) is -6.63. The molecule has 34 heavy (non-hydrogen) atoms. The summed E-state index contributed by atoms with van der Waals surface area (Å²) in [5, 5.41) is 3.81. The molecule has 2 aromatic rings. The Kier molecular flexibility index (Phi) is 8.51. The summed E-state index contributed by atoms with van der Waals surface area (Å²) < 4.78 is 55.1. The Balaban J connectivity index is 2.16. The van der Waals surface area contributed by atoms with E-state index in [1.807, 2.05) is 0 Å². The molecule has 188 valence electrons. The van der Waals surface area contributed by atoms with Crippen LogP contribution in [0.15, 0.2) is 33.9 Å². The minimum absolute atomic E-state index is 0.225. The summed E-state index contributed by atoms with van der Waals surface area (Å²) in [5.74, 6) is -0.519. The molecular formula is C22H28F3N3O6. The number of hydrogen-bond donors (Lipinski definition) is 0. The van der Waals surface area contributed by atoms with Gasteiger partial charge in [-0.3, -0.25) is 9.36 Å². The van der Waals surface area contributed by atoms with Crippen molar-refractivity contribution in [2.45, 2.75) is 65.0 Å². The van der Waals surface area contributed by atoms with Crippen molar-refractivity contribution in [2.24, 2.45) is 7.05 Å². The molecule has 0 aliphatic rings. The molecule has 2 rings (SSSR count). The number of alkyl halides is 3. The van der Waals surface area contributed by atoms with Gasteiger partial charge in [-0.05, 0) is 51.8 Å². The maximum atomic E-state index is 12.6. The summed E-state index contributed by atoms with van der Waals surface area (Å²) in [4.78, 5) is 36.8. The van der Waals surface area contributed by atoms with Gasteiger partial charge in [0.2, 0.25) is 0 Å². The molecule has 9 nitrogen and oxygen atoms in total. The van der Waals surface area contributed by atoms with Crippen molar-refractivity contribution in [1.82, 2.24) is 14.3 Å². The molecule has 1 unspecified atom stereocenters. The molecule has 0 saturated carbocycles. The molecular weight excluding hydrogens is 459 g/mol. The maximum absolute atomic E-state index is 12.6. The number of halogens is 3. The molecule has 0 radical (unpaired) electrons. The number of ether oxygens (including phenoxy) is 3. The Bertz CT molecular complexity index is 1110. The van der Waals surface area contributed by atoms with Crippen LogP contribution in [0.1, 0.15) is 52.2 Å². The molecule has 0 bridgehead atoms. The number of esters is 1. The van der Waals surface area contributed by atoms with E-state index >= 15 is 0 Å². The first-order valence-electron chi connectivity index (χ1n) is 10.6. The van der Waals surface area contributed by atoms with Crippen LogP contribution in [0.3, 0.4) is 0 Å². The van der Waals surface area contributed by atoms with E-state index in [9.17, 15) is 27.6 Å². The predicted molar refractivity (Wildman–Crippen MR) is 116 cm³/mol. The second kappa shape index (κ2) is 10.7. The van der Waals surface area contributed by atoms with Crippen LogP contribution in [0, 0.1) is 0 Å². The third-order valence-corrected chi connectivity index (χ3v) is 4.80. The molecule has 0 N–H and O–H groups in total. The zero-order valence-electron chi connectivity index (χ0n) is 19.6. The van der Waals surface area contributed by atoms with Crippen molar-refractivity contribution < 1.29 is 32.2 Å². The Hall–Kier alpha value is -3.31. The number of carbonyl (C=O) groups is 1. The highest BCUT2D eigenvalue weighted by atomic mass is 19.4. The summed E-state index contributed by atoms with van der Waals surface area (Å²) in [7, 11) is 1.27. The van der Waals surface area contributed by atoms with Crippen LogP contribution >= 0.6 is 0 Å². The predicted octanol–water partition coefficient (Wildman–Crippen LogP) is 3.15. The Morgan fingerprint density at radius 3 is 2.32 bits per heavy atom. The largest absolute Gasteiger partial charge is 0.476 e. The van der Waals surface area contributed by atoms with Crippen molar-refractivity contribution in [3.63, 3.8) is 0 Å². The van der Waals surface area contributed by atoms with Crippen LogP contribution in [0.4, 0.5) is 13.2 Å². The smallest absolute Gasteiger partial charge is 0.389 e. The monoisotopic (exact) mass is 487 g/mol. The van der Waals surface area contributed by atoms with E-state index in [-0.39, 0.29) is 6.61 Å². The molecule has 12 heteroatoms. The lowest BCUT2D eigenvalue weighted by Crippen LogP contribution is -2.41. The van der Waals surface area contributed by atoms with Gasteiger partial charge in [-0.1, -0.05) is 12.1 Å². The summed E-state index contributed by atoms with van der Waals surface area (Å²) in [6.45, 7) is 6.30. The van der Waals surface area contributed by atoms with Crippen molar-refractivity contribution in [2.75, 3.05) is 6.61 Å². The highest BCUT2D eigenvalue weighted by Crippen LogP contribution is 2.24. The molecule has 1 atom stereocenters. The van der Waals surface area contributed by atoms with Crippen molar-refractivity contribution in [3.05, 3.63) is 50.7 Å². The first-order valence-corrected chi connectivity index (χ1v) is 10.6. The molecule has 0 aliphatic carbocycles. The number of hydrogen-bond acceptors (Lipinski definition) is 7. The number of rotatable bonds is 10. The van der Waals surface area contributed by atoms with Gasteiger partial charge in [0.15, 0.2) is 5.60 Å². The van der Waals surface area contributed by atoms with Crippen LogP contribution in [-0.4, -0.2) is 38.7 Å². The molecule has 1 heterocycles. The summed E-state index contributed by atoms with van der Waals surface area (Å²) in [6, 6.07) is 6.54. The van der Waals surface area contributed by atoms with Crippen molar-refractivity contribution >= 4 is 5.97 Å². The fourth-order valence-electron chi connectivity index (χ4n) is 2.99. The summed E-state index contributed by atoms with van der Waals surface area (Å²) in [5.41, 5.74) is -2.32. The van der Waals surface area contributed by atoms with Gasteiger partial charge >= 0.3 is 23.4 Å². The van der Waals surface area contributed by atoms with Gasteiger partial charge in [-0.25, -0.2) is 14.3 Å². The average Bonchev–Trinajstić information content (AvgIpc) is 2.74. The zero-order chi connectivity index (χ0) is 25.7. The first-order chi connectivity index (χ1) is 15.7. The zero-order valence-corrected chi connectivity index (χ0v) is 19.6. The van der Waals surface area contributed by atoms with E-state index in [1.54, 1.807) is 52.0 Å². The lowest BCUT2D eigenvalue weighted by atomic mass is 10.1. The van der Waals surface area contributed by atoms with Gasteiger partial charge in [0.05, 0.1) is 6.61 Å². The standard InChI is InChI=1S/C22H28F3N3O6/c1-6-32-19(30)21(3,4)34-16-10-8-15(9-11-16)14(2)33-17-18(29)28(20(31)27(5)26-17)13-7-12-22(23,24)25/h8-11,14H,6-7,12-13H2,1-5H3. The second-order valence-corrected chi connectivity index (χ2v) is 8.05. The number of aromatic nitrogens is 3. The molecule has 0 amide bonds. The van der Waals surface area contributed by atoms with Crippen LogP contribution < -0.4 is 20.7 Å². The Morgan fingerprint density at radius 1 is 1.15 bits per heavy atom. The van der Waals surface area contributed by atoms with Crippen LogP contribution in [0.2, 0.25) is 0 Å². The van der Waals surface area contributed by atoms with Crippen LogP contribution in [0.5, 0.6) is 11.6 Å². The Morgan fingerprint density at radius 2 is 1.76 bits per heavy atom. The van der Waals surface area contributed by atoms with Gasteiger partial charge in [0.1, 0.15) is 11.9 Å². The highest BCUT2D eigenvalue weighted by molar-refractivity contribution is 5.79. The van der Waals surface area contributed by atoms with Gasteiger partial charge in [0.25, 0.3) is 5.88 Å². The maximum Gasteiger partial charge on any atom is 0.389 e. The first kappa shape index (κ1) is 26.9. The molecule has 0 fully saturated rings. The quantitative estimate of drug-likeness (QED) is 0.475. The van der Waals surface area contributed by atoms with Crippen LogP contribution in [-0.2, 0) is 23.1 Å². The second-order valence-electron chi connectivity index (χ2n) is 8.05. The van der Waals surface area contributed by atoms with Gasteiger partial charge in [-0.2, -0.15) is 13.2 Å².